The summed E-state index contributed by atoms with van der Waals surface area (Å²) in [7, 11) is 0. The summed E-state index contributed by atoms with van der Waals surface area (Å²) >= 11 is 0. The van der Waals surface area contributed by atoms with Crippen LogP contribution in [0.25, 0.3) is 11.0 Å². The van der Waals surface area contributed by atoms with Gasteiger partial charge in [-0.2, -0.15) is 0 Å². The van der Waals surface area contributed by atoms with Gasteiger partial charge in [-0.25, -0.2) is 4.79 Å². The second-order valence-corrected chi connectivity index (χ2v) is 7.99. The molecule has 0 radical (unpaired) electrons. The van der Waals surface area contributed by atoms with E-state index in [0.29, 0.717) is 30.5 Å². The zero-order valence-electron chi connectivity index (χ0n) is 16.6. The highest BCUT2D eigenvalue weighted by Gasteiger charge is 2.24. The fourth-order valence-corrected chi connectivity index (χ4v) is 4.24. The lowest BCUT2D eigenvalue weighted by molar-refractivity contribution is 0.0954. The maximum Gasteiger partial charge on any atom is 0.326 e. The van der Waals surface area contributed by atoms with Crippen LogP contribution in [-0.4, -0.2) is 33.2 Å². The van der Waals surface area contributed by atoms with Crippen LogP contribution in [0.2, 0.25) is 0 Å². The van der Waals surface area contributed by atoms with Gasteiger partial charge in [0.15, 0.2) is 0 Å². The predicted octanol–water partition coefficient (Wildman–Crippen LogP) is 3.09. The van der Waals surface area contributed by atoms with Gasteiger partial charge in [-0.3, -0.25) is 9.36 Å². The van der Waals surface area contributed by atoms with Crippen LogP contribution in [0, 0.1) is 6.92 Å². The number of amides is 1. The number of aryl methyl sites for hydroxylation is 1. The monoisotopic (exact) mass is 393 g/mol. The number of aromatic amines is 1. The number of hydrogen-bond acceptors (Lipinski definition) is 3. The molecule has 0 aliphatic heterocycles. The van der Waals surface area contributed by atoms with Crippen molar-refractivity contribution >= 4 is 16.9 Å². The highest BCUT2D eigenvalue weighted by Crippen LogP contribution is 2.29. The van der Waals surface area contributed by atoms with Crippen molar-refractivity contribution in [2.45, 2.75) is 51.2 Å². The number of H-pyrrole nitrogens is 1. The topological polar surface area (TPSA) is 87.1 Å². The molecule has 0 saturated heterocycles. The summed E-state index contributed by atoms with van der Waals surface area (Å²) in [4.78, 5) is 27.9. The van der Waals surface area contributed by atoms with Gasteiger partial charge >= 0.3 is 5.69 Å². The molecule has 3 aromatic rings. The van der Waals surface area contributed by atoms with Gasteiger partial charge in [0, 0.05) is 18.2 Å². The lowest BCUT2D eigenvalue weighted by Gasteiger charge is -2.26. The van der Waals surface area contributed by atoms with Gasteiger partial charge in [0.2, 0.25) is 0 Å². The summed E-state index contributed by atoms with van der Waals surface area (Å²) < 4.78 is 1.78. The van der Waals surface area contributed by atoms with Crippen LogP contribution in [0.15, 0.2) is 47.3 Å². The molecule has 1 aromatic heterocycles. The van der Waals surface area contributed by atoms with Crippen molar-refractivity contribution < 1.29 is 9.90 Å². The number of imidazole rings is 1. The minimum absolute atomic E-state index is 0.0913. The molecule has 0 spiro atoms. The first kappa shape index (κ1) is 19.5. The van der Waals surface area contributed by atoms with Crippen LogP contribution in [0.4, 0.5) is 0 Å². The van der Waals surface area contributed by atoms with Gasteiger partial charge in [-0.1, -0.05) is 29.8 Å². The number of carbonyl (C=O) groups is 1. The number of aliphatic hydroxyl groups is 1. The Balaban J connectivity index is 1.46. The second-order valence-electron chi connectivity index (χ2n) is 7.99. The quantitative estimate of drug-likeness (QED) is 0.623. The van der Waals surface area contributed by atoms with E-state index in [1.54, 1.807) is 16.7 Å². The minimum atomic E-state index is -0.262. The maximum atomic E-state index is 12.5. The smallest absolute Gasteiger partial charge is 0.326 e. The van der Waals surface area contributed by atoms with Crippen LogP contribution in [0.3, 0.4) is 0 Å². The third kappa shape index (κ3) is 4.27. The van der Waals surface area contributed by atoms with Crippen molar-refractivity contribution in [1.29, 1.82) is 0 Å². The molecular weight excluding hydrogens is 366 g/mol. The molecule has 152 valence electrons. The van der Waals surface area contributed by atoms with E-state index >= 15 is 0 Å². The number of rotatable bonds is 5. The summed E-state index contributed by atoms with van der Waals surface area (Å²) in [6, 6.07) is 13.7. The largest absolute Gasteiger partial charge is 0.393 e. The molecule has 1 saturated carbocycles. The van der Waals surface area contributed by atoms with Gasteiger partial charge in [0.05, 0.1) is 17.1 Å². The Morgan fingerprint density at radius 3 is 2.72 bits per heavy atom. The van der Waals surface area contributed by atoms with E-state index in [0.717, 1.165) is 24.8 Å². The number of hydrogen-bond donors (Lipinski definition) is 3. The molecule has 4 rings (SSSR count). The van der Waals surface area contributed by atoms with Crippen molar-refractivity contribution in [2.75, 3.05) is 6.54 Å². The standard InChI is InChI=1S/C23H27N3O3/c1-15-3-2-4-16(13-15)11-12-24-22(28)17-5-10-21-20(14-17)25-23(29)26(21)18-6-8-19(27)9-7-18/h2-5,10,13-14,18-19,27H,6-9,11-12H2,1H3,(H,24,28)(H,25,29). The average Bonchev–Trinajstić information content (AvgIpc) is 3.03. The van der Waals surface area contributed by atoms with Crippen molar-refractivity contribution in [3.8, 4) is 0 Å². The van der Waals surface area contributed by atoms with Gasteiger partial charge in [0.25, 0.3) is 5.91 Å². The lowest BCUT2D eigenvalue weighted by Crippen LogP contribution is -2.27. The number of aliphatic hydroxyl groups excluding tert-OH is 1. The highest BCUT2D eigenvalue weighted by molar-refractivity contribution is 5.97. The van der Waals surface area contributed by atoms with E-state index in [-0.39, 0.29) is 23.7 Å². The van der Waals surface area contributed by atoms with Gasteiger partial charge in [-0.05, 0) is 62.8 Å². The Morgan fingerprint density at radius 2 is 1.97 bits per heavy atom. The van der Waals surface area contributed by atoms with E-state index < -0.39 is 0 Å². The van der Waals surface area contributed by atoms with E-state index in [9.17, 15) is 14.7 Å². The van der Waals surface area contributed by atoms with Crippen LogP contribution in [0.1, 0.15) is 53.2 Å². The first-order chi connectivity index (χ1) is 14.0. The average molecular weight is 393 g/mol. The van der Waals surface area contributed by atoms with Crippen LogP contribution >= 0.6 is 0 Å². The van der Waals surface area contributed by atoms with Crippen LogP contribution in [0.5, 0.6) is 0 Å². The molecule has 1 fully saturated rings. The molecule has 1 aliphatic carbocycles. The highest BCUT2D eigenvalue weighted by atomic mass is 16.3. The molecule has 6 nitrogen and oxygen atoms in total. The summed E-state index contributed by atoms with van der Waals surface area (Å²) in [5.41, 5.74) is 4.27. The fourth-order valence-electron chi connectivity index (χ4n) is 4.24. The Kier molecular flexibility index (Phi) is 5.53. The SMILES string of the molecule is Cc1cccc(CCNC(=O)c2ccc3c(c2)[nH]c(=O)n3C2CCC(O)CC2)c1. The van der Waals surface area contributed by atoms with Crippen LogP contribution < -0.4 is 11.0 Å². The van der Waals surface area contributed by atoms with Crippen molar-refractivity contribution in [3.63, 3.8) is 0 Å². The number of aromatic nitrogens is 2. The molecule has 1 amide bonds. The Bertz CT molecular complexity index is 1070. The molecule has 0 bridgehead atoms. The molecule has 1 heterocycles. The van der Waals surface area contributed by atoms with E-state index in [2.05, 4.69) is 35.4 Å². The van der Waals surface area contributed by atoms with Gasteiger partial charge < -0.3 is 15.4 Å². The van der Waals surface area contributed by atoms with E-state index in [1.807, 2.05) is 12.1 Å². The third-order valence-corrected chi connectivity index (χ3v) is 5.79. The van der Waals surface area contributed by atoms with E-state index in [1.165, 1.54) is 11.1 Å². The molecule has 3 N–H and O–H groups in total. The minimum Gasteiger partial charge on any atom is -0.393 e. The first-order valence-electron chi connectivity index (χ1n) is 10.3. The summed E-state index contributed by atoms with van der Waals surface area (Å²) in [6.07, 6.45) is 3.51. The molecule has 0 unspecified atom stereocenters. The Morgan fingerprint density at radius 1 is 1.17 bits per heavy atom. The first-order valence-corrected chi connectivity index (χ1v) is 10.3. The summed E-state index contributed by atoms with van der Waals surface area (Å²) in [5.74, 6) is -0.144. The van der Waals surface area contributed by atoms with Gasteiger partial charge in [0.1, 0.15) is 0 Å². The molecule has 2 aromatic carbocycles. The molecule has 6 heteroatoms. The van der Waals surface area contributed by atoms with E-state index in [4.69, 9.17) is 0 Å². The summed E-state index contributed by atoms with van der Waals surface area (Å²) in [6.45, 7) is 2.61. The molecule has 0 atom stereocenters. The van der Waals surface area contributed by atoms with Gasteiger partial charge in [-0.15, -0.1) is 0 Å². The predicted molar refractivity (Wildman–Crippen MR) is 113 cm³/mol. The second kappa shape index (κ2) is 8.25. The Labute approximate surface area is 169 Å². The fraction of sp³-hybridized carbons (Fsp3) is 0.391. The van der Waals surface area contributed by atoms with Crippen molar-refractivity contribution in [1.82, 2.24) is 14.9 Å². The zero-order chi connectivity index (χ0) is 20.4. The Hall–Kier alpha value is -2.86. The number of nitrogens with zero attached hydrogens (tertiary/aromatic N) is 1. The molecule has 29 heavy (non-hydrogen) atoms. The summed E-state index contributed by atoms with van der Waals surface area (Å²) in [5, 5.41) is 12.7. The molecular formula is C23H27N3O3. The number of carbonyl (C=O) groups excluding carboxylic acids is 1. The number of fused-ring (bicyclic) bond motifs is 1. The molecule has 1 aliphatic rings. The lowest BCUT2D eigenvalue weighted by atomic mass is 9.93. The normalized spacial score (nSPS) is 19.4. The maximum absolute atomic E-state index is 12.5. The zero-order valence-corrected chi connectivity index (χ0v) is 16.6. The third-order valence-electron chi connectivity index (χ3n) is 5.79. The number of nitrogens with one attached hydrogen (secondary N) is 2. The van der Waals surface area contributed by atoms with Crippen molar-refractivity contribution in [3.05, 3.63) is 69.6 Å². The number of benzene rings is 2. The van der Waals surface area contributed by atoms with Crippen LogP contribution in [-0.2, 0) is 6.42 Å². The van der Waals surface area contributed by atoms with Crippen molar-refractivity contribution in [2.24, 2.45) is 0 Å².